The highest BCUT2D eigenvalue weighted by atomic mass is 32.1. The van der Waals surface area contributed by atoms with Gasteiger partial charge in [-0.3, -0.25) is 0 Å². The van der Waals surface area contributed by atoms with Gasteiger partial charge in [-0.1, -0.05) is 19.9 Å². The first-order valence-electron chi connectivity index (χ1n) is 7.02. The van der Waals surface area contributed by atoms with E-state index >= 15 is 0 Å². The molecule has 0 aliphatic heterocycles. The highest BCUT2D eigenvalue weighted by Gasteiger charge is 2.33. The molecule has 21 heavy (non-hydrogen) atoms. The van der Waals surface area contributed by atoms with Crippen molar-refractivity contribution in [3.05, 3.63) is 51.0 Å². The SMILES string of the molecule is CC1(C)Cc2nc(Cc3ccc(F)cc3F)sc2C(N)C1. The van der Waals surface area contributed by atoms with Crippen molar-refractivity contribution in [2.45, 2.75) is 39.2 Å². The van der Waals surface area contributed by atoms with E-state index in [0.29, 0.717) is 12.0 Å². The number of nitrogens with zero attached hydrogens (tertiary/aromatic N) is 1. The third-order valence-electron chi connectivity index (χ3n) is 3.88. The van der Waals surface area contributed by atoms with E-state index in [2.05, 4.69) is 18.8 Å². The zero-order valence-corrected chi connectivity index (χ0v) is 12.9. The quantitative estimate of drug-likeness (QED) is 0.911. The third kappa shape index (κ3) is 2.99. The number of rotatable bonds is 2. The number of aromatic nitrogens is 1. The number of halogens is 2. The van der Waals surface area contributed by atoms with Crippen LogP contribution in [0.4, 0.5) is 8.78 Å². The molecule has 3 rings (SSSR count). The predicted molar refractivity (Wildman–Crippen MR) is 80.3 cm³/mol. The lowest BCUT2D eigenvalue weighted by Crippen LogP contribution is -2.28. The maximum atomic E-state index is 13.7. The van der Waals surface area contributed by atoms with Crippen molar-refractivity contribution < 1.29 is 8.78 Å². The van der Waals surface area contributed by atoms with E-state index in [0.717, 1.165) is 34.5 Å². The molecule has 1 heterocycles. The Bertz CT molecular complexity index is 679. The van der Waals surface area contributed by atoms with E-state index in [4.69, 9.17) is 5.73 Å². The molecule has 1 unspecified atom stereocenters. The van der Waals surface area contributed by atoms with Crippen molar-refractivity contribution in [3.63, 3.8) is 0 Å². The van der Waals surface area contributed by atoms with Gasteiger partial charge in [-0.25, -0.2) is 13.8 Å². The molecule has 2 aromatic rings. The Balaban J connectivity index is 1.88. The Morgan fingerprint density at radius 1 is 1.38 bits per heavy atom. The second-order valence-corrected chi connectivity index (χ2v) is 7.60. The minimum absolute atomic E-state index is 0.00747. The van der Waals surface area contributed by atoms with Crippen LogP contribution in [0.3, 0.4) is 0 Å². The molecule has 1 aliphatic rings. The lowest BCUT2D eigenvalue weighted by Gasteiger charge is -2.32. The Morgan fingerprint density at radius 3 is 2.86 bits per heavy atom. The zero-order valence-electron chi connectivity index (χ0n) is 12.1. The molecule has 1 aromatic carbocycles. The van der Waals surface area contributed by atoms with Crippen molar-refractivity contribution in [1.29, 1.82) is 0 Å². The fourth-order valence-corrected chi connectivity index (χ4v) is 4.06. The fourth-order valence-electron chi connectivity index (χ4n) is 2.95. The molecule has 112 valence electrons. The molecular formula is C16H18F2N2S. The molecule has 1 aromatic heterocycles. The van der Waals surface area contributed by atoms with Crippen LogP contribution in [-0.2, 0) is 12.8 Å². The first kappa shape index (κ1) is 14.6. The van der Waals surface area contributed by atoms with E-state index < -0.39 is 11.6 Å². The van der Waals surface area contributed by atoms with Crippen molar-refractivity contribution in [3.8, 4) is 0 Å². The second-order valence-electron chi connectivity index (χ2n) is 6.48. The zero-order chi connectivity index (χ0) is 15.2. The number of hydrogen-bond acceptors (Lipinski definition) is 3. The highest BCUT2D eigenvalue weighted by molar-refractivity contribution is 7.11. The highest BCUT2D eigenvalue weighted by Crippen LogP contribution is 2.42. The summed E-state index contributed by atoms with van der Waals surface area (Å²) in [4.78, 5) is 5.75. The number of fused-ring (bicyclic) bond motifs is 1. The Labute approximate surface area is 127 Å². The van der Waals surface area contributed by atoms with Gasteiger partial charge in [0.15, 0.2) is 0 Å². The van der Waals surface area contributed by atoms with E-state index in [1.165, 1.54) is 12.1 Å². The molecule has 2 nitrogen and oxygen atoms in total. The van der Waals surface area contributed by atoms with Crippen molar-refractivity contribution in [2.24, 2.45) is 11.1 Å². The predicted octanol–water partition coefficient (Wildman–Crippen LogP) is 3.98. The first-order chi connectivity index (χ1) is 9.84. The van der Waals surface area contributed by atoms with Crippen LogP contribution in [0.5, 0.6) is 0 Å². The normalized spacial score (nSPS) is 20.3. The van der Waals surface area contributed by atoms with E-state index in [9.17, 15) is 8.78 Å². The summed E-state index contributed by atoms with van der Waals surface area (Å²) in [6.07, 6.45) is 2.22. The van der Waals surface area contributed by atoms with Gasteiger partial charge in [0.05, 0.1) is 10.7 Å². The number of benzene rings is 1. The maximum Gasteiger partial charge on any atom is 0.129 e. The summed E-state index contributed by atoms with van der Waals surface area (Å²) in [5, 5.41) is 0.846. The van der Waals surface area contributed by atoms with Crippen LogP contribution in [-0.4, -0.2) is 4.98 Å². The smallest absolute Gasteiger partial charge is 0.129 e. The van der Waals surface area contributed by atoms with E-state index in [1.54, 1.807) is 11.3 Å². The van der Waals surface area contributed by atoms with Crippen LogP contribution in [0.2, 0.25) is 0 Å². The van der Waals surface area contributed by atoms with Crippen LogP contribution in [0, 0.1) is 17.0 Å². The first-order valence-corrected chi connectivity index (χ1v) is 7.84. The Morgan fingerprint density at radius 2 is 2.14 bits per heavy atom. The molecule has 2 N–H and O–H groups in total. The Hall–Kier alpha value is -1.33. The van der Waals surface area contributed by atoms with Crippen LogP contribution < -0.4 is 5.73 Å². The van der Waals surface area contributed by atoms with Crippen LogP contribution in [0.1, 0.15) is 47.5 Å². The van der Waals surface area contributed by atoms with Gasteiger partial charge in [0.25, 0.3) is 0 Å². The molecule has 0 fully saturated rings. The minimum Gasteiger partial charge on any atom is -0.323 e. The molecule has 0 spiro atoms. The monoisotopic (exact) mass is 308 g/mol. The molecule has 0 bridgehead atoms. The molecule has 5 heteroatoms. The molecule has 1 aliphatic carbocycles. The summed E-state index contributed by atoms with van der Waals surface area (Å²) >= 11 is 1.56. The molecular weight excluding hydrogens is 290 g/mol. The van der Waals surface area contributed by atoms with Crippen LogP contribution in [0.25, 0.3) is 0 Å². The van der Waals surface area contributed by atoms with Gasteiger partial charge < -0.3 is 5.73 Å². The van der Waals surface area contributed by atoms with Crippen LogP contribution in [0.15, 0.2) is 18.2 Å². The van der Waals surface area contributed by atoms with Gasteiger partial charge in [0.1, 0.15) is 11.6 Å². The summed E-state index contributed by atoms with van der Waals surface area (Å²) in [5.74, 6) is -1.08. The van der Waals surface area contributed by atoms with Crippen LogP contribution >= 0.6 is 11.3 Å². The minimum atomic E-state index is -0.557. The van der Waals surface area contributed by atoms with Gasteiger partial charge in [-0.15, -0.1) is 11.3 Å². The topological polar surface area (TPSA) is 38.9 Å². The maximum absolute atomic E-state index is 13.7. The summed E-state index contributed by atoms with van der Waals surface area (Å²) in [6, 6.07) is 3.68. The molecule has 0 saturated heterocycles. The van der Waals surface area contributed by atoms with E-state index in [1.807, 2.05) is 0 Å². The summed E-state index contributed by atoms with van der Waals surface area (Å²) in [7, 11) is 0. The number of thiazole rings is 1. The molecule has 0 radical (unpaired) electrons. The summed E-state index contributed by atoms with van der Waals surface area (Å²) < 4.78 is 26.7. The third-order valence-corrected chi connectivity index (χ3v) is 5.11. The average Bonchev–Trinajstić information content (AvgIpc) is 2.74. The van der Waals surface area contributed by atoms with Crippen molar-refractivity contribution >= 4 is 11.3 Å². The number of nitrogens with two attached hydrogens (primary N) is 1. The van der Waals surface area contributed by atoms with Gasteiger partial charge in [-0.2, -0.15) is 0 Å². The fraction of sp³-hybridized carbons (Fsp3) is 0.438. The summed E-state index contributed by atoms with van der Waals surface area (Å²) in [6.45, 7) is 4.38. The standard InChI is InChI=1S/C16H18F2N2S/c1-16(2)7-12(19)15-13(8-16)20-14(21-15)5-9-3-4-10(17)6-11(9)18/h3-4,6,12H,5,7-8,19H2,1-2H3. The van der Waals surface area contributed by atoms with Gasteiger partial charge >= 0.3 is 0 Å². The molecule has 0 saturated carbocycles. The van der Waals surface area contributed by atoms with Gasteiger partial charge in [0, 0.05) is 23.4 Å². The van der Waals surface area contributed by atoms with Gasteiger partial charge in [0.2, 0.25) is 0 Å². The lowest BCUT2D eigenvalue weighted by molar-refractivity contribution is 0.282. The second kappa shape index (κ2) is 5.14. The van der Waals surface area contributed by atoms with Crippen molar-refractivity contribution in [2.75, 3.05) is 0 Å². The van der Waals surface area contributed by atoms with Gasteiger partial charge in [-0.05, 0) is 29.9 Å². The number of hydrogen-bond donors (Lipinski definition) is 1. The molecule has 1 atom stereocenters. The van der Waals surface area contributed by atoms with E-state index in [-0.39, 0.29) is 11.5 Å². The lowest BCUT2D eigenvalue weighted by atomic mass is 9.77. The summed E-state index contributed by atoms with van der Waals surface area (Å²) in [5.41, 5.74) is 7.89. The van der Waals surface area contributed by atoms with Crippen molar-refractivity contribution in [1.82, 2.24) is 4.98 Å². The average molecular weight is 308 g/mol. The Kier molecular flexibility index (Phi) is 3.58. The largest absolute Gasteiger partial charge is 0.323 e. The molecule has 0 amide bonds.